The van der Waals surface area contributed by atoms with E-state index in [-0.39, 0.29) is 17.7 Å². The Kier molecular flexibility index (Phi) is 11.6. The Bertz CT molecular complexity index is 295. The van der Waals surface area contributed by atoms with Crippen molar-refractivity contribution in [2.24, 2.45) is 0 Å². The molecule has 1 rings (SSSR count). The highest BCUT2D eigenvalue weighted by Crippen LogP contribution is 2.09. The van der Waals surface area contributed by atoms with Crippen LogP contribution in [-0.2, 0) is 9.59 Å². The minimum Gasteiger partial charge on any atom is -0.389 e. The molecule has 0 aromatic heterocycles. The molecule has 1 N–H and O–H groups in total. The smallest absolute Gasteiger partial charge is 0.126 e. The van der Waals surface area contributed by atoms with Crippen LogP contribution >= 0.6 is 0 Å². The fourth-order valence-corrected chi connectivity index (χ4v) is 0.732. The number of carbonyl (C=O) groups excluding carboxylic acids is 2. The molecule has 0 heterocycles. The fourth-order valence-electron chi connectivity index (χ4n) is 0.732. The van der Waals surface area contributed by atoms with Gasteiger partial charge in [-0.1, -0.05) is 30.3 Å². The second-order valence-electron chi connectivity index (χ2n) is 3.90. The molecule has 1 atom stereocenters. The summed E-state index contributed by atoms with van der Waals surface area (Å²) in [5.74, 6) is 0.333. The largest absolute Gasteiger partial charge is 0.389 e. The van der Waals surface area contributed by atoms with Gasteiger partial charge in [0.15, 0.2) is 0 Å². The molecule has 17 heavy (non-hydrogen) atoms. The molecule has 3 nitrogen and oxygen atoms in total. The molecule has 1 unspecified atom stereocenters. The molecule has 0 aliphatic heterocycles. The summed E-state index contributed by atoms with van der Waals surface area (Å²) in [7, 11) is 0. The fraction of sp³-hybridized carbons (Fsp3) is 0.429. The highest BCUT2D eigenvalue weighted by atomic mass is 16.3. The molecule has 1 aromatic carbocycles. The first-order valence-electron chi connectivity index (χ1n) is 5.44. The van der Waals surface area contributed by atoms with Crippen LogP contribution in [0.15, 0.2) is 30.3 Å². The highest BCUT2D eigenvalue weighted by molar-refractivity contribution is 5.72. The van der Waals surface area contributed by atoms with E-state index in [1.54, 1.807) is 6.92 Å². The van der Waals surface area contributed by atoms with Gasteiger partial charge in [0.05, 0.1) is 6.10 Å². The Morgan fingerprint density at radius 3 is 1.41 bits per heavy atom. The Labute approximate surface area is 103 Å². The lowest BCUT2D eigenvalue weighted by Crippen LogP contribution is -1.87. The van der Waals surface area contributed by atoms with Crippen LogP contribution in [-0.4, -0.2) is 16.7 Å². The first kappa shape index (κ1) is 17.9. The van der Waals surface area contributed by atoms with Gasteiger partial charge in [-0.3, -0.25) is 0 Å². The van der Waals surface area contributed by atoms with Crippen molar-refractivity contribution in [1.29, 1.82) is 0 Å². The van der Waals surface area contributed by atoms with Crippen molar-refractivity contribution in [1.82, 2.24) is 0 Å². The molecule has 96 valence electrons. The molecular formula is C14H22O3. The van der Waals surface area contributed by atoms with Gasteiger partial charge in [-0.2, -0.15) is 0 Å². The Morgan fingerprint density at radius 1 is 0.941 bits per heavy atom. The van der Waals surface area contributed by atoms with Gasteiger partial charge in [0.25, 0.3) is 0 Å². The van der Waals surface area contributed by atoms with E-state index >= 15 is 0 Å². The van der Waals surface area contributed by atoms with Crippen molar-refractivity contribution in [2.45, 2.75) is 40.7 Å². The predicted octanol–water partition coefficient (Wildman–Crippen LogP) is 2.93. The van der Waals surface area contributed by atoms with Gasteiger partial charge in [-0.05, 0) is 40.2 Å². The maximum Gasteiger partial charge on any atom is 0.126 e. The van der Waals surface area contributed by atoms with E-state index in [2.05, 4.69) is 0 Å². The van der Waals surface area contributed by atoms with E-state index in [1.807, 2.05) is 30.3 Å². The van der Waals surface area contributed by atoms with Crippen LogP contribution in [0.2, 0.25) is 0 Å². The zero-order valence-corrected chi connectivity index (χ0v) is 11.2. The summed E-state index contributed by atoms with van der Waals surface area (Å²) >= 11 is 0. The maximum atomic E-state index is 9.44. The monoisotopic (exact) mass is 238 g/mol. The third-order valence-corrected chi connectivity index (χ3v) is 1.28. The second-order valence-corrected chi connectivity index (χ2v) is 3.90. The molecule has 0 saturated heterocycles. The Hall–Kier alpha value is -1.48. The first-order chi connectivity index (χ1) is 7.77. The van der Waals surface area contributed by atoms with Crippen LogP contribution in [0.25, 0.3) is 0 Å². The van der Waals surface area contributed by atoms with Crippen LogP contribution < -0.4 is 0 Å². The average molecular weight is 238 g/mol. The minimum absolute atomic E-state index is 0.167. The van der Waals surface area contributed by atoms with Crippen LogP contribution in [0.1, 0.15) is 46.3 Å². The lowest BCUT2D eigenvalue weighted by Gasteiger charge is -2.00. The Morgan fingerprint density at radius 2 is 1.24 bits per heavy atom. The number of carbonyl (C=O) groups is 2. The zero-order chi connectivity index (χ0) is 13.8. The van der Waals surface area contributed by atoms with E-state index in [9.17, 15) is 9.59 Å². The lowest BCUT2D eigenvalue weighted by atomic mass is 10.1. The SMILES string of the molecule is CC(C)=O.CC(C)=O.CC(O)c1ccccc1. The van der Waals surface area contributed by atoms with Gasteiger partial charge in [-0.25, -0.2) is 0 Å². The third kappa shape index (κ3) is 20.6. The predicted molar refractivity (Wildman–Crippen MR) is 69.8 cm³/mol. The van der Waals surface area contributed by atoms with Crippen molar-refractivity contribution < 1.29 is 14.7 Å². The first-order valence-corrected chi connectivity index (χ1v) is 5.44. The standard InChI is InChI=1S/C8H10O.2C3H6O/c1-7(9)8-5-3-2-4-6-8;2*1-3(2)4/h2-7,9H,1H3;2*1-2H3. The number of hydrogen-bond donors (Lipinski definition) is 1. The average Bonchev–Trinajstić information content (AvgIpc) is 2.17. The minimum atomic E-state index is -0.341. The molecule has 0 aliphatic carbocycles. The summed E-state index contributed by atoms with van der Waals surface area (Å²) in [6.45, 7) is 7.87. The normalized spacial score (nSPS) is 10.0. The van der Waals surface area contributed by atoms with E-state index in [4.69, 9.17) is 5.11 Å². The third-order valence-electron chi connectivity index (χ3n) is 1.28. The lowest BCUT2D eigenvalue weighted by molar-refractivity contribution is -0.115. The summed E-state index contributed by atoms with van der Waals surface area (Å²) < 4.78 is 0. The zero-order valence-electron chi connectivity index (χ0n) is 11.2. The van der Waals surface area contributed by atoms with Crippen LogP contribution in [0.4, 0.5) is 0 Å². The number of Topliss-reactive ketones (excluding diaryl/α,β-unsaturated/α-hetero) is 2. The number of hydrogen-bond acceptors (Lipinski definition) is 3. The number of ketones is 2. The number of aliphatic hydroxyl groups is 1. The molecule has 0 bridgehead atoms. The quantitative estimate of drug-likeness (QED) is 0.818. The van der Waals surface area contributed by atoms with Gasteiger partial charge in [0.2, 0.25) is 0 Å². The van der Waals surface area contributed by atoms with Gasteiger partial charge in [-0.15, -0.1) is 0 Å². The highest BCUT2D eigenvalue weighted by Gasteiger charge is 1.95. The second kappa shape index (κ2) is 11.0. The topological polar surface area (TPSA) is 54.4 Å². The molecule has 1 aromatic rings. The van der Waals surface area contributed by atoms with Crippen molar-refractivity contribution in [3.05, 3.63) is 35.9 Å². The van der Waals surface area contributed by atoms with E-state index in [0.717, 1.165) is 5.56 Å². The molecule has 0 amide bonds. The molecule has 0 spiro atoms. The summed E-state index contributed by atoms with van der Waals surface area (Å²) in [4.78, 5) is 18.9. The number of rotatable bonds is 1. The van der Waals surface area contributed by atoms with Gasteiger partial charge in [0, 0.05) is 0 Å². The molecule has 0 aliphatic rings. The van der Waals surface area contributed by atoms with Crippen LogP contribution in [0, 0.1) is 0 Å². The number of aliphatic hydroxyl groups excluding tert-OH is 1. The van der Waals surface area contributed by atoms with E-state index in [0.29, 0.717) is 0 Å². The van der Waals surface area contributed by atoms with Crippen LogP contribution in [0.5, 0.6) is 0 Å². The van der Waals surface area contributed by atoms with Gasteiger partial charge < -0.3 is 14.7 Å². The van der Waals surface area contributed by atoms with Crippen molar-refractivity contribution in [2.75, 3.05) is 0 Å². The molecule has 0 fully saturated rings. The van der Waals surface area contributed by atoms with Gasteiger partial charge in [0.1, 0.15) is 11.6 Å². The van der Waals surface area contributed by atoms with Crippen molar-refractivity contribution in [3.63, 3.8) is 0 Å². The molecule has 0 saturated carbocycles. The summed E-state index contributed by atoms with van der Waals surface area (Å²) in [5.41, 5.74) is 0.970. The molecule has 0 radical (unpaired) electrons. The summed E-state index contributed by atoms with van der Waals surface area (Å²) in [6, 6.07) is 9.59. The van der Waals surface area contributed by atoms with Crippen molar-refractivity contribution in [3.8, 4) is 0 Å². The van der Waals surface area contributed by atoms with Gasteiger partial charge >= 0.3 is 0 Å². The van der Waals surface area contributed by atoms with E-state index in [1.165, 1.54) is 27.7 Å². The van der Waals surface area contributed by atoms with E-state index < -0.39 is 0 Å². The Balaban J connectivity index is 0. The summed E-state index contributed by atoms with van der Waals surface area (Å²) in [6.07, 6.45) is -0.341. The number of benzene rings is 1. The molecular weight excluding hydrogens is 216 g/mol. The molecule has 3 heteroatoms. The summed E-state index contributed by atoms with van der Waals surface area (Å²) in [5, 5.41) is 9.02. The van der Waals surface area contributed by atoms with Crippen LogP contribution in [0.3, 0.4) is 0 Å². The van der Waals surface area contributed by atoms with Crippen molar-refractivity contribution >= 4 is 11.6 Å². The maximum absolute atomic E-state index is 9.44.